The van der Waals surface area contributed by atoms with Gasteiger partial charge in [-0.25, -0.2) is 4.98 Å². The van der Waals surface area contributed by atoms with Crippen molar-refractivity contribution in [3.8, 4) is 0 Å². The first-order valence-electron chi connectivity index (χ1n) is 13.0. The molecule has 4 aromatic rings. The summed E-state index contributed by atoms with van der Waals surface area (Å²) in [6, 6.07) is 22.7. The van der Waals surface area contributed by atoms with Crippen molar-refractivity contribution in [2.24, 2.45) is 0 Å². The summed E-state index contributed by atoms with van der Waals surface area (Å²) in [7, 11) is 2.03. The highest BCUT2D eigenvalue weighted by atomic mass is 16.7. The summed E-state index contributed by atoms with van der Waals surface area (Å²) in [6.45, 7) is 5.30. The molecule has 3 aromatic carbocycles. The maximum Gasteiger partial charge on any atom is 0.275 e. The van der Waals surface area contributed by atoms with Crippen LogP contribution in [0, 0.1) is 0 Å². The van der Waals surface area contributed by atoms with E-state index < -0.39 is 6.29 Å². The molecular formula is C31H32N4O4. The predicted octanol–water partition coefficient (Wildman–Crippen LogP) is 5.04. The number of hydrogen-bond acceptors (Lipinski definition) is 7. The van der Waals surface area contributed by atoms with Gasteiger partial charge in [0.15, 0.2) is 6.29 Å². The Labute approximate surface area is 227 Å². The second-order valence-electron chi connectivity index (χ2n) is 9.68. The molecule has 8 heteroatoms. The van der Waals surface area contributed by atoms with Gasteiger partial charge in [-0.3, -0.25) is 9.78 Å². The van der Waals surface area contributed by atoms with Crippen molar-refractivity contribution in [2.45, 2.75) is 31.5 Å². The molecule has 0 bridgehead atoms. The Bertz CT molecular complexity index is 1440. The molecule has 2 N–H and O–H groups in total. The van der Waals surface area contributed by atoms with Crippen molar-refractivity contribution in [3.63, 3.8) is 0 Å². The number of benzene rings is 3. The monoisotopic (exact) mass is 524 g/mol. The SMILES string of the molecule is C=CCN(C)C[C@H]1C[C@@H](c2ccc(CO)cc2)O[C@@H](c2cccc(NC(=O)c3cnc4ccccc4n3)c2)O1. The van der Waals surface area contributed by atoms with E-state index in [1.165, 1.54) is 6.20 Å². The topological polar surface area (TPSA) is 96.8 Å². The van der Waals surface area contributed by atoms with Gasteiger partial charge in [-0.2, -0.15) is 0 Å². The molecule has 39 heavy (non-hydrogen) atoms. The van der Waals surface area contributed by atoms with Crippen LogP contribution in [0.3, 0.4) is 0 Å². The van der Waals surface area contributed by atoms with Crippen LogP contribution < -0.4 is 5.32 Å². The molecule has 1 amide bonds. The molecule has 0 unspecified atom stereocenters. The Morgan fingerprint density at radius 2 is 1.87 bits per heavy atom. The van der Waals surface area contributed by atoms with Crippen LogP contribution in [0.25, 0.3) is 11.0 Å². The van der Waals surface area contributed by atoms with E-state index in [0.717, 1.165) is 28.8 Å². The first-order chi connectivity index (χ1) is 19.0. The number of aliphatic hydroxyl groups excluding tert-OH is 1. The lowest BCUT2D eigenvalue weighted by molar-refractivity contribution is -0.252. The maximum atomic E-state index is 13.0. The maximum absolute atomic E-state index is 13.0. The zero-order chi connectivity index (χ0) is 27.2. The summed E-state index contributed by atoms with van der Waals surface area (Å²) in [5, 5.41) is 12.3. The number of anilines is 1. The molecule has 5 rings (SSSR count). The van der Waals surface area contributed by atoms with Crippen molar-refractivity contribution >= 4 is 22.6 Å². The molecule has 200 valence electrons. The molecule has 0 saturated carbocycles. The van der Waals surface area contributed by atoms with Crippen molar-refractivity contribution in [2.75, 3.05) is 25.5 Å². The molecule has 1 aliphatic heterocycles. The molecule has 8 nitrogen and oxygen atoms in total. The van der Waals surface area contributed by atoms with Crippen LogP contribution in [0.1, 0.15) is 46.0 Å². The summed E-state index contributed by atoms with van der Waals surface area (Å²) < 4.78 is 12.8. The largest absolute Gasteiger partial charge is 0.392 e. The number of aromatic nitrogens is 2. The zero-order valence-corrected chi connectivity index (χ0v) is 21.9. The van der Waals surface area contributed by atoms with E-state index in [-0.39, 0.29) is 30.4 Å². The number of carbonyl (C=O) groups excluding carboxylic acids is 1. The van der Waals surface area contributed by atoms with Crippen molar-refractivity contribution < 1.29 is 19.4 Å². The normalized spacial score (nSPS) is 19.2. The first-order valence-corrected chi connectivity index (χ1v) is 13.0. The lowest BCUT2D eigenvalue weighted by Crippen LogP contribution is -2.37. The summed E-state index contributed by atoms with van der Waals surface area (Å²) in [5.74, 6) is -0.346. The highest BCUT2D eigenvalue weighted by Crippen LogP contribution is 2.38. The number of rotatable bonds is 9. The Hall–Kier alpha value is -3.95. The number of likely N-dealkylation sites (N-methyl/N-ethyl adjacent to an activating group) is 1. The van der Waals surface area contributed by atoms with Crippen molar-refractivity contribution in [1.29, 1.82) is 0 Å². The van der Waals surface area contributed by atoms with Crippen LogP contribution in [0.4, 0.5) is 5.69 Å². The van der Waals surface area contributed by atoms with Gasteiger partial charge in [-0.15, -0.1) is 6.58 Å². The van der Waals surface area contributed by atoms with Gasteiger partial charge in [-0.1, -0.05) is 54.6 Å². The Balaban J connectivity index is 1.35. The number of carbonyl (C=O) groups is 1. The van der Waals surface area contributed by atoms with E-state index >= 15 is 0 Å². The van der Waals surface area contributed by atoms with Gasteiger partial charge in [-0.05, 0) is 42.4 Å². The lowest BCUT2D eigenvalue weighted by atomic mass is 9.99. The molecule has 0 radical (unpaired) electrons. The van der Waals surface area contributed by atoms with Crippen molar-refractivity contribution in [1.82, 2.24) is 14.9 Å². The quantitative estimate of drug-likeness (QED) is 0.296. The number of ether oxygens (including phenoxy) is 2. The van der Waals surface area contributed by atoms with E-state index in [0.29, 0.717) is 24.2 Å². The molecule has 3 atom stereocenters. The molecule has 1 aromatic heterocycles. The smallest absolute Gasteiger partial charge is 0.275 e. The number of hydrogen-bond donors (Lipinski definition) is 2. The van der Waals surface area contributed by atoms with E-state index in [1.54, 1.807) is 0 Å². The Morgan fingerprint density at radius 1 is 1.08 bits per heavy atom. The highest BCUT2D eigenvalue weighted by Gasteiger charge is 2.32. The minimum absolute atomic E-state index is 0.00415. The molecule has 0 spiro atoms. The number of nitrogens with one attached hydrogen (secondary N) is 1. The minimum Gasteiger partial charge on any atom is -0.392 e. The van der Waals surface area contributed by atoms with Gasteiger partial charge in [0, 0.05) is 30.8 Å². The third-order valence-corrected chi connectivity index (χ3v) is 6.67. The predicted molar refractivity (Wildman–Crippen MR) is 150 cm³/mol. The molecule has 1 saturated heterocycles. The second kappa shape index (κ2) is 12.3. The van der Waals surface area contributed by atoms with Gasteiger partial charge in [0.25, 0.3) is 5.91 Å². The second-order valence-corrected chi connectivity index (χ2v) is 9.68. The highest BCUT2D eigenvalue weighted by molar-refractivity contribution is 6.03. The van der Waals surface area contributed by atoms with Crippen molar-refractivity contribution in [3.05, 3.63) is 114 Å². The van der Waals surface area contributed by atoms with Gasteiger partial charge in [0.05, 0.1) is 36.0 Å². The lowest BCUT2D eigenvalue weighted by Gasteiger charge is -2.37. The van der Waals surface area contributed by atoms with Crippen LogP contribution in [0.15, 0.2) is 91.6 Å². The Morgan fingerprint density at radius 3 is 2.64 bits per heavy atom. The van der Waals surface area contributed by atoms with E-state index in [2.05, 4.69) is 26.8 Å². The number of nitrogens with zero attached hydrogens (tertiary/aromatic N) is 3. The average Bonchev–Trinajstić information content (AvgIpc) is 2.97. The van der Waals surface area contributed by atoms with Crippen LogP contribution in [0.5, 0.6) is 0 Å². The molecular weight excluding hydrogens is 492 g/mol. The van der Waals surface area contributed by atoms with E-state index in [1.807, 2.05) is 85.9 Å². The molecule has 1 fully saturated rings. The molecule has 0 aliphatic carbocycles. The fourth-order valence-electron chi connectivity index (χ4n) is 4.70. The van der Waals surface area contributed by atoms with Gasteiger partial charge < -0.3 is 24.8 Å². The van der Waals surface area contributed by atoms with Gasteiger partial charge >= 0.3 is 0 Å². The third kappa shape index (κ3) is 6.55. The molecule has 2 heterocycles. The minimum atomic E-state index is -0.624. The summed E-state index contributed by atoms with van der Waals surface area (Å²) in [5.41, 5.74) is 4.91. The van der Waals surface area contributed by atoms with Gasteiger partial charge in [0.1, 0.15) is 5.69 Å². The van der Waals surface area contributed by atoms with Gasteiger partial charge in [0.2, 0.25) is 0 Å². The van der Waals surface area contributed by atoms with Crippen LogP contribution in [-0.4, -0.2) is 52.1 Å². The van der Waals surface area contributed by atoms with E-state index in [4.69, 9.17) is 9.47 Å². The number of para-hydroxylation sites is 2. The van der Waals surface area contributed by atoms with Crippen LogP contribution in [-0.2, 0) is 16.1 Å². The zero-order valence-electron chi connectivity index (χ0n) is 21.9. The first kappa shape index (κ1) is 26.6. The summed E-state index contributed by atoms with van der Waals surface area (Å²) in [6.07, 6.45) is 3.14. The summed E-state index contributed by atoms with van der Waals surface area (Å²) >= 11 is 0. The Kier molecular flexibility index (Phi) is 8.39. The third-order valence-electron chi connectivity index (χ3n) is 6.67. The van der Waals surface area contributed by atoms with Crippen LogP contribution in [0.2, 0.25) is 0 Å². The van der Waals surface area contributed by atoms with E-state index in [9.17, 15) is 9.90 Å². The fraction of sp³-hybridized carbons (Fsp3) is 0.258. The summed E-state index contributed by atoms with van der Waals surface area (Å²) in [4.78, 5) is 23.9. The number of fused-ring (bicyclic) bond motifs is 1. The number of aliphatic hydroxyl groups is 1. The average molecular weight is 525 g/mol. The molecule has 1 aliphatic rings. The fourth-order valence-corrected chi connectivity index (χ4v) is 4.70. The standard InChI is InChI=1S/C31H32N4O4/c1-3-15-35(2)19-25-17-29(22-13-11-21(20-36)12-14-22)39-31(38-25)23-7-6-8-24(16-23)33-30(37)28-18-32-26-9-4-5-10-27(26)34-28/h3-14,16,18,25,29,31,36H,1,15,17,19-20H2,2H3,(H,33,37)/t25-,29+,31+/m1/s1. The number of amides is 1. The van der Waals surface area contributed by atoms with Crippen LogP contribution >= 0.6 is 0 Å².